The van der Waals surface area contributed by atoms with Gasteiger partial charge in [-0.25, -0.2) is 4.98 Å². The molecule has 0 aromatic carbocycles. The first-order valence-corrected chi connectivity index (χ1v) is 4.24. The molecule has 3 heteroatoms. The summed E-state index contributed by atoms with van der Waals surface area (Å²) in [6, 6.07) is 0. The average molecular weight is 154 g/mol. The molecule has 0 radical (unpaired) electrons. The van der Waals surface area contributed by atoms with Crippen molar-refractivity contribution < 1.29 is 0 Å². The predicted octanol–water partition coefficient (Wildman–Crippen LogP) is 1.40. The highest BCUT2D eigenvalue weighted by Gasteiger charge is 2.42. The molecule has 54 valence electrons. The van der Waals surface area contributed by atoms with E-state index < -0.39 is 0 Å². The Morgan fingerprint density at radius 3 is 2.80 bits per heavy atom. The molecule has 2 rings (SSSR count). The van der Waals surface area contributed by atoms with E-state index in [4.69, 9.17) is 5.73 Å². The molecule has 0 saturated heterocycles. The lowest BCUT2D eigenvalue weighted by Gasteiger charge is -2.00. The van der Waals surface area contributed by atoms with Crippen LogP contribution in [0.3, 0.4) is 0 Å². The van der Waals surface area contributed by atoms with Crippen molar-refractivity contribution in [3.05, 3.63) is 16.1 Å². The summed E-state index contributed by atoms with van der Waals surface area (Å²) in [7, 11) is 0. The average Bonchev–Trinajstić information content (AvgIpc) is 2.45. The van der Waals surface area contributed by atoms with E-state index in [2.05, 4.69) is 11.9 Å². The summed E-state index contributed by atoms with van der Waals surface area (Å²) < 4.78 is 0. The normalized spacial score (nSPS) is 21.0. The largest absolute Gasteiger partial charge is 0.319 e. The second-order valence-corrected chi connectivity index (χ2v) is 4.17. The van der Waals surface area contributed by atoms with Gasteiger partial charge in [0, 0.05) is 11.1 Å². The van der Waals surface area contributed by atoms with Crippen molar-refractivity contribution in [2.45, 2.75) is 25.3 Å². The first-order valence-electron chi connectivity index (χ1n) is 3.42. The molecule has 10 heavy (non-hydrogen) atoms. The number of rotatable bonds is 1. The van der Waals surface area contributed by atoms with E-state index in [1.54, 1.807) is 11.3 Å². The highest BCUT2D eigenvalue weighted by molar-refractivity contribution is 7.11. The van der Waals surface area contributed by atoms with Crippen LogP contribution in [0, 0.1) is 6.92 Å². The Kier molecular flexibility index (Phi) is 1.13. The van der Waals surface area contributed by atoms with Crippen LogP contribution in [0.25, 0.3) is 0 Å². The quantitative estimate of drug-likeness (QED) is 0.664. The van der Waals surface area contributed by atoms with Gasteiger partial charge in [0.1, 0.15) is 5.01 Å². The van der Waals surface area contributed by atoms with E-state index >= 15 is 0 Å². The second-order valence-electron chi connectivity index (χ2n) is 2.93. The van der Waals surface area contributed by atoms with Gasteiger partial charge in [-0.3, -0.25) is 0 Å². The Morgan fingerprint density at radius 2 is 2.40 bits per heavy atom. The Morgan fingerprint density at radius 1 is 1.70 bits per heavy atom. The highest BCUT2D eigenvalue weighted by Crippen LogP contribution is 2.43. The summed E-state index contributed by atoms with van der Waals surface area (Å²) >= 11 is 1.72. The fraction of sp³-hybridized carbons (Fsp3) is 0.571. The molecule has 2 N–H and O–H groups in total. The van der Waals surface area contributed by atoms with Crippen molar-refractivity contribution in [1.29, 1.82) is 0 Å². The molecule has 1 aliphatic rings. The van der Waals surface area contributed by atoms with Gasteiger partial charge in [0.2, 0.25) is 0 Å². The van der Waals surface area contributed by atoms with Gasteiger partial charge in [-0.05, 0) is 19.8 Å². The lowest BCUT2D eigenvalue weighted by Crippen LogP contribution is -2.17. The van der Waals surface area contributed by atoms with Crippen molar-refractivity contribution >= 4 is 11.3 Å². The van der Waals surface area contributed by atoms with Crippen LogP contribution >= 0.6 is 11.3 Å². The number of thiazole rings is 1. The second kappa shape index (κ2) is 1.80. The van der Waals surface area contributed by atoms with Gasteiger partial charge in [-0.15, -0.1) is 11.3 Å². The van der Waals surface area contributed by atoms with E-state index in [9.17, 15) is 0 Å². The molecule has 2 nitrogen and oxygen atoms in total. The van der Waals surface area contributed by atoms with Crippen molar-refractivity contribution in [1.82, 2.24) is 4.98 Å². The topological polar surface area (TPSA) is 38.9 Å². The zero-order valence-electron chi connectivity index (χ0n) is 5.92. The molecule has 0 amide bonds. The van der Waals surface area contributed by atoms with Crippen LogP contribution in [0.4, 0.5) is 0 Å². The molecule has 1 aromatic heterocycles. The smallest absolute Gasteiger partial charge is 0.113 e. The van der Waals surface area contributed by atoms with Crippen molar-refractivity contribution in [2.75, 3.05) is 0 Å². The van der Waals surface area contributed by atoms with Crippen LogP contribution in [-0.2, 0) is 5.54 Å². The first kappa shape index (κ1) is 6.31. The third-order valence-electron chi connectivity index (χ3n) is 1.84. The first-order chi connectivity index (χ1) is 4.71. The molecular weight excluding hydrogens is 144 g/mol. The van der Waals surface area contributed by atoms with Gasteiger partial charge >= 0.3 is 0 Å². The predicted molar refractivity (Wildman–Crippen MR) is 42.0 cm³/mol. The van der Waals surface area contributed by atoms with Crippen LogP contribution in [0.1, 0.15) is 22.7 Å². The molecule has 1 aliphatic carbocycles. The maximum absolute atomic E-state index is 5.93. The van der Waals surface area contributed by atoms with Crippen molar-refractivity contribution in [2.24, 2.45) is 5.73 Å². The van der Waals surface area contributed by atoms with Crippen LogP contribution in [0.2, 0.25) is 0 Å². The molecule has 1 aromatic rings. The Labute approximate surface area is 64.1 Å². The summed E-state index contributed by atoms with van der Waals surface area (Å²) in [4.78, 5) is 5.50. The Balaban J connectivity index is 2.34. The van der Waals surface area contributed by atoms with Gasteiger partial charge in [0.05, 0.1) is 5.54 Å². The monoisotopic (exact) mass is 154 g/mol. The lowest BCUT2D eigenvalue weighted by atomic mass is 10.3. The summed E-state index contributed by atoms with van der Waals surface area (Å²) in [5.74, 6) is 0. The van der Waals surface area contributed by atoms with Gasteiger partial charge in [0.15, 0.2) is 0 Å². The molecule has 0 atom stereocenters. The number of hydrogen-bond donors (Lipinski definition) is 1. The standard InChI is InChI=1S/C7H10N2S/c1-5-4-9-6(10-5)7(8)2-3-7/h4H,2-3,8H2,1H3. The van der Waals surface area contributed by atoms with Crippen LogP contribution in [0.15, 0.2) is 6.20 Å². The fourth-order valence-electron chi connectivity index (χ4n) is 0.933. The van der Waals surface area contributed by atoms with E-state index in [1.165, 1.54) is 4.88 Å². The zero-order valence-corrected chi connectivity index (χ0v) is 6.74. The SMILES string of the molecule is Cc1cnc(C2(N)CC2)s1. The fourth-order valence-corrected chi connectivity index (χ4v) is 1.86. The van der Waals surface area contributed by atoms with E-state index in [0.717, 1.165) is 17.8 Å². The van der Waals surface area contributed by atoms with Gasteiger partial charge in [0.25, 0.3) is 0 Å². The molecule has 1 heterocycles. The molecule has 0 aliphatic heterocycles. The summed E-state index contributed by atoms with van der Waals surface area (Å²) in [6.07, 6.45) is 4.12. The van der Waals surface area contributed by atoms with Gasteiger partial charge < -0.3 is 5.73 Å². The van der Waals surface area contributed by atoms with Gasteiger partial charge in [-0.1, -0.05) is 0 Å². The molecular formula is C7H10N2S. The molecule has 0 spiro atoms. The zero-order chi connectivity index (χ0) is 7.19. The molecule has 1 fully saturated rings. The Bertz CT molecular complexity index is 250. The minimum atomic E-state index is -0.0288. The third-order valence-corrected chi connectivity index (χ3v) is 2.97. The molecule has 1 saturated carbocycles. The van der Waals surface area contributed by atoms with Crippen molar-refractivity contribution in [3.8, 4) is 0 Å². The van der Waals surface area contributed by atoms with Crippen molar-refractivity contribution in [3.63, 3.8) is 0 Å². The summed E-state index contributed by atoms with van der Waals surface area (Å²) in [6.45, 7) is 2.06. The van der Waals surface area contributed by atoms with E-state index in [-0.39, 0.29) is 5.54 Å². The molecule has 0 unspecified atom stereocenters. The molecule has 0 bridgehead atoms. The van der Waals surface area contributed by atoms with Crippen LogP contribution in [0.5, 0.6) is 0 Å². The third kappa shape index (κ3) is 0.859. The number of hydrogen-bond acceptors (Lipinski definition) is 3. The highest BCUT2D eigenvalue weighted by atomic mass is 32.1. The summed E-state index contributed by atoms with van der Waals surface area (Å²) in [5.41, 5.74) is 5.90. The number of nitrogens with zero attached hydrogens (tertiary/aromatic N) is 1. The van der Waals surface area contributed by atoms with Crippen LogP contribution < -0.4 is 5.73 Å². The minimum absolute atomic E-state index is 0.0288. The number of nitrogens with two attached hydrogens (primary N) is 1. The van der Waals surface area contributed by atoms with E-state index in [0.29, 0.717) is 0 Å². The lowest BCUT2D eigenvalue weighted by molar-refractivity contribution is 0.731. The maximum atomic E-state index is 5.93. The maximum Gasteiger partial charge on any atom is 0.113 e. The summed E-state index contributed by atoms with van der Waals surface area (Å²) in [5, 5.41) is 1.12. The minimum Gasteiger partial charge on any atom is -0.319 e. The Hall–Kier alpha value is -0.410. The van der Waals surface area contributed by atoms with E-state index in [1.807, 2.05) is 6.20 Å². The number of aryl methyl sites for hydroxylation is 1. The van der Waals surface area contributed by atoms with Crippen LogP contribution in [-0.4, -0.2) is 4.98 Å². The van der Waals surface area contributed by atoms with Gasteiger partial charge in [-0.2, -0.15) is 0 Å². The number of aromatic nitrogens is 1.